The molecular weight excluding hydrogens is 437 g/mol. The van der Waals surface area contributed by atoms with Gasteiger partial charge in [-0.3, -0.25) is 9.59 Å². The maximum atomic E-state index is 13.0. The van der Waals surface area contributed by atoms with Crippen molar-refractivity contribution < 1.29 is 27.5 Å². The van der Waals surface area contributed by atoms with E-state index in [1.807, 2.05) is 37.3 Å². The van der Waals surface area contributed by atoms with E-state index in [9.17, 15) is 22.8 Å². The Balaban J connectivity index is 1.71. The molecule has 0 fully saturated rings. The van der Waals surface area contributed by atoms with Crippen molar-refractivity contribution in [3.05, 3.63) is 77.6 Å². The average molecular weight is 460 g/mol. The topological polar surface area (TPSA) is 76.5 Å². The molecule has 0 saturated heterocycles. The van der Waals surface area contributed by atoms with E-state index in [4.69, 9.17) is 4.74 Å². The first-order chi connectivity index (χ1) is 15.7. The van der Waals surface area contributed by atoms with Gasteiger partial charge >= 0.3 is 6.18 Å². The maximum absolute atomic E-state index is 13.0. The fourth-order valence-corrected chi connectivity index (χ4v) is 3.15. The van der Waals surface area contributed by atoms with Gasteiger partial charge in [0.15, 0.2) is 11.4 Å². The molecule has 7 nitrogen and oxygen atoms in total. The number of hydrogen-bond acceptors (Lipinski definition) is 4. The lowest BCUT2D eigenvalue weighted by Gasteiger charge is -2.21. The summed E-state index contributed by atoms with van der Waals surface area (Å²) in [5.41, 5.74) is 0.0803. The largest absolute Gasteiger partial charge is 0.493 e. The molecule has 3 aromatic rings. The molecule has 2 amide bonds. The lowest BCUT2D eigenvalue weighted by molar-refractivity contribution is -0.137. The fraction of sp³-hybridized carbons (Fsp3) is 0.261. The Morgan fingerprint density at radius 2 is 1.85 bits per heavy atom. The second-order valence-electron chi connectivity index (χ2n) is 7.11. The number of amides is 2. The first kappa shape index (κ1) is 23.8. The van der Waals surface area contributed by atoms with Gasteiger partial charge < -0.3 is 15.0 Å². The van der Waals surface area contributed by atoms with Crippen molar-refractivity contribution in [1.29, 1.82) is 0 Å². The van der Waals surface area contributed by atoms with Crippen molar-refractivity contribution in [3.8, 4) is 11.4 Å². The van der Waals surface area contributed by atoms with Crippen molar-refractivity contribution in [3.63, 3.8) is 0 Å². The van der Waals surface area contributed by atoms with Crippen LogP contribution >= 0.6 is 0 Å². The van der Waals surface area contributed by atoms with Gasteiger partial charge in [-0.25, -0.2) is 4.68 Å². The summed E-state index contributed by atoms with van der Waals surface area (Å²) in [5, 5.41) is 6.58. The lowest BCUT2D eigenvalue weighted by atomic mass is 10.2. The molecule has 33 heavy (non-hydrogen) atoms. The quantitative estimate of drug-likeness (QED) is 0.557. The molecule has 174 valence electrons. The van der Waals surface area contributed by atoms with E-state index in [0.29, 0.717) is 13.1 Å². The second-order valence-corrected chi connectivity index (χ2v) is 7.11. The van der Waals surface area contributed by atoms with E-state index < -0.39 is 17.6 Å². The molecular formula is C23H23F3N4O3. The predicted molar refractivity (Wildman–Crippen MR) is 115 cm³/mol. The average Bonchev–Trinajstić information content (AvgIpc) is 3.25. The number of likely N-dealkylation sites (N-methyl/N-ethyl adjacent to an activating group) is 1. The van der Waals surface area contributed by atoms with Gasteiger partial charge in [0.05, 0.1) is 31.1 Å². The number of ether oxygens (including phenoxy) is 1. The van der Waals surface area contributed by atoms with Crippen LogP contribution in [-0.2, 0) is 17.5 Å². The van der Waals surface area contributed by atoms with Gasteiger partial charge in [0.2, 0.25) is 5.91 Å². The SMILES string of the molecule is CCN(Cc1ccccc1)C(=O)CNC(=O)c1nn(-c2cccc(C(F)(F)F)c2)cc1OC. The normalized spacial score (nSPS) is 11.2. The summed E-state index contributed by atoms with van der Waals surface area (Å²) in [6, 6.07) is 14.0. The van der Waals surface area contributed by atoms with Crippen LogP contribution in [0.15, 0.2) is 60.8 Å². The Kier molecular flexibility index (Phi) is 7.37. The highest BCUT2D eigenvalue weighted by molar-refractivity contribution is 5.97. The van der Waals surface area contributed by atoms with Gasteiger partial charge in [0, 0.05) is 13.1 Å². The Bertz CT molecular complexity index is 1110. The van der Waals surface area contributed by atoms with Gasteiger partial charge in [0.25, 0.3) is 5.91 Å². The van der Waals surface area contributed by atoms with Crippen LogP contribution in [0.25, 0.3) is 5.69 Å². The highest BCUT2D eigenvalue weighted by atomic mass is 19.4. The van der Waals surface area contributed by atoms with Crippen LogP contribution in [0.2, 0.25) is 0 Å². The highest BCUT2D eigenvalue weighted by Crippen LogP contribution is 2.30. The van der Waals surface area contributed by atoms with Crippen molar-refractivity contribution in [2.75, 3.05) is 20.2 Å². The third-order valence-electron chi connectivity index (χ3n) is 4.90. The van der Waals surface area contributed by atoms with Gasteiger partial charge in [-0.2, -0.15) is 18.3 Å². The van der Waals surface area contributed by atoms with E-state index in [2.05, 4.69) is 10.4 Å². The van der Waals surface area contributed by atoms with Gasteiger partial charge in [-0.05, 0) is 30.7 Å². The molecule has 0 spiro atoms. The second kappa shape index (κ2) is 10.2. The summed E-state index contributed by atoms with van der Waals surface area (Å²) in [7, 11) is 1.31. The van der Waals surface area contributed by atoms with E-state index in [1.165, 1.54) is 25.4 Å². The molecule has 0 bridgehead atoms. The highest BCUT2D eigenvalue weighted by Gasteiger charge is 2.31. The minimum Gasteiger partial charge on any atom is -0.493 e. The van der Waals surface area contributed by atoms with Crippen LogP contribution in [0.4, 0.5) is 13.2 Å². The molecule has 10 heteroatoms. The maximum Gasteiger partial charge on any atom is 0.416 e. The lowest BCUT2D eigenvalue weighted by Crippen LogP contribution is -2.40. The van der Waals surface area contributed by atoms with Crippen LogP contribution in [0.1, 0.15) is 28.5 Å². The number of aromatic nitrogens is 2. The molecule has 0 aliphatic carbocycles. The van der Waals surface area contributed by atoms with Crippen LogP contribution < -0.4 is 10.1 Å². The molecule has 0 aliphatic rings. The van der Waals surface area contributed by atoms with E-state index >= 15 is 0 Å². The van der Waals surface area contributed by atoms with Crippen LogP contribution in [-0.4, -0.2) is 46.7 Å². The van der Waals surface area contributed by atoms with Gasteiger partial charge in [-0.1, -0.05) is 36.4 Å². The molecule has 1 heterocycles. The third kappa shape index (κ3) is 5.91. The molecule has 3 rings (SSSR count). The summed E-state index contributed by atoms with van der Waals surface area (Å²) in [5.74, 6) is -0.901. The fourth-order valence-electron chi connectivity index (χ4n) is 3.15. The van der Waals surface area contributed by atoms with Gasteiger partial charge in [0.1, 0.15) is 0 Å². The number of alkyl halides is 3. The zero-order valence-electron chi connectivity index (χ0n) is 18.1. The molecule has 1 aromatic heterocycles. The Labute approximate surface area is 188 Å². The van der Waals surface area contributed by atoms with Crippen molar-refractivity contribution in [2.24, 2.45) is 0 Å². The Hall–Kier alpha value is -3.82. The van der Waals surface area contributed by atoms with Crippen molar-refractivity contribution >= 4 is 11.8 Å². The molecule has 0 radical (unpaired) electrons. The third-order valence-corrected chi connectivity index (χ3v) is 4.90. The van der Waals surface area contributed by atoms with Crippen LogP contribution in [0, 0.1) is 0 Å². The molecule has 1 N–H and O–H groups in total. The first-order valence-electron chi connectivity index (χ1n) is 10.1. The molecule has 2 aromatic carbocycles. The molecule has 0 unspecified atom stereocenters. The summed E-state index contributed by atoms with van der Waals surface area (Å²) in [4.78, 5) is 26.8. The minimum absolute atomic E-state index is 0.0639. The number of nitrogens with one attached hydrogen (secondary N) is 1. The smallest absolute Gasteiger partial charge is 0.416 e. The Morgan fingerprint density at radius 3 is 2.48 bits per heavy atom. The van der Waals surface area contributed by atoms with Crippen LogP contribution in [0.3, 0.4) is 0 Å². The van der Waals surface area contributed by atoms with E-state index in [1.54, 1.807) is 4.90 Å². The number of benzene rings is 2. The molecule has 0 saturated carbocycles. The zero-order chi connectivity index (χ0) is 24.0. The number of halogens is 3. The summed E-state index contributed by atoms with van der Waals surface area (Å²) >= 11 is 0. The number of carbonyl (C=O) groups is 2. The molecule has 0 aliphatic heterocycles. The summed E-state index contributed by atoms with van der Waals surface area (Å²) in [6.07, 6.45) is -3.21. The van der Waals surface area contributed by atoms with Gasteiger partial charge in [-0.15, -0.1) is 0 Å². The van der Waals surface area contributed by atoms with Crippen LogP contribution in [0.5, 0.6) is 5.75 Å². The number of carbonyl (C=O) groups excluding carboxylic acids is 2. The number of rotatable bonds is 8. The summed E-state index contributed by atoms with van der Waals surface area (Å²) < 4.78 is 45.3. The van der Waals surface area contributed by atoms with E-state index in [0.717, 1.165) is 22.4 Å². The van der Waals surface area contributed by atoms with Crippen molar-refractivity contribution in [2.45, 2.75) is 19.6 Å². The Morgan fingerprint density at radius 1 is 1.12 bits per heavy atom. The number of hydrogen-bond donors (Lipinski definition) is 1. The van der Waals surface area contributed by atoms with E-state index in [-0.39, 0.29) is 29.6 Å². The molecule has 0 atom stereocenters. The predicted octanol–water partition coefficient (Wildman–Crippen LogP) is 3.68. The monoisotopic (exact) mass is 460 g/mol. The van der Waals surface area contributed by atoms with Crippen molar-refractivity contribution in [1.82, 2.24) is 20.0 Å². The number of nitrogens with zero attached hydrogens (tertiary/aromatic N) is 3. The zero-order valence-corrected chi connectivity index (χ0v) is 18.1. The summed E-state index contributed by atoms with van der Waals surface area (Å²) in [6.45, 7) is 2.43. The number of methoxy groups -OCH3 is 1. The standard InChI is InChI=1S/C23H23F3N4O3/c1-3-29(14-16-8-5-4-6-9-16)20(31)13-27-22(32)21-19(33-2)15-30(28-21)18-11-7-10-17(12-18)23(24,25)26/h4-12,15H,3,13-14H2,1-2H3,(H,27,32). The first-order valence-corrected chi connectivity index (χ1v) is 10.1. The minimum atomic E-state index is -4.52.